The molecule has 3 rings (SSSR count). The van der Waals surface area contributed by atoms with Crippen LogP contribution in [0.15, 0.2) is 28.7 Å². The molecule has 2 heterocycles. The number of hydrogen-bond donors (Lipinski definition) is 1. The van der Waals surface area contributed by atoms with E-state index in [1.165, 1.54) is 34.2 Å². The fraction of sp³-hybridized carbons (Fsp3) is 0.368. The Morgan fingerprint density at radius 3 is 2.78 bits per heavy atom. The SMILES string of the molecule is CCCn1c(C)nnc1SCC(=O)Nc1nc(-c2ccc(C)c(C)c2)cs1. The van der Waals surface area contributed by atoms with Crippen LogP contribution < -0.4 is 5.32 Å². The molecule has 0 saturated carbocycles. The Morgan fingerprint density at radius 1 is 1.22 bits per heavy atom. The third-order valence-corrected chi connectivity index (χ3v) is 5.96. The quantitative estimate of drug-likeness (QED) is 0.592. The Morgan fingerprint density at radius 2 is 2.04 bits per heavy atom. The minimum absolute atomic E-state index is 0.0929. The second-order valence-electron chi connectivity index (χ2n) is 6.36. The highest BCUT2D eigenvalue weighted by atomic mass is 32.2. The number of nitrogens with zero attached hydrogens (tertiary/aromatic N) is 4. The van der Waals surface area contributed by atoms with Crippen molar-refractivity contribution in [3.63, 3.8) is 0 Å². The summed E-state index contributed by atoms with van der Waals surface area (Å²) in [7, 11) is 0. The van der Waals surface area contributed by atoms with Gasteiger partial charge >= 0.3 is 0 Å². The predicted molar refractivity (Wildman–Crippen MR) is 111 cm³/mol. The molecule has 1 N–H and O–H groups in total. The molecule has 0 saturated heterocycles. The van der Waals surface area contributed by atoms with Crippen LogP contribution in [0.3, 0.4) is 0 Å². The van der Waals surface area contributed by atoms with Crippen LogP contribution in [-0.4, -0.2) is 31.4 Å². The minimum Gasteiger partial charge on any atom is -0.306 e. The maximum absolute atomic E-state index is 12.3. The molecule has 0 aliphatic rings. The zero-order chi connectivity index (χ0) is 19.4. The van der Waals surface area contributed by atoms with Crippen molar-refractivity contribution in [3.05, 3.63) is 40.5 Å². The monoisotopic (exact) mass is 401 g/mol. The standard InChI is InChI=1S/C19H23N5OS2/c1-5-8-24-14(4)22-23-19(24)27-11-17(25)21-18-20-16(10-26-18)15-7-6-12(2)13(3)9-15/h6-7,9-10H,5,8,11H2,1-4H3,(H,20,21,25). The first-order valence-electron chi connectivity index (χ1n) is 8.83. The first-order valence-corrected chi connectivity index (χ1v) is 10.7. The molecule has 0 spiro atoms. The lowest BCUT2D eigenvalue weighted by atomic mass is 10.1. The van der Waals surface area contributed by atoms with E-state index < -0.39 is 0 Å². The molecule has 2 aromatic heterocycles. The molecule has 0 aliphatic heterocycles. The Labute approximate surface area is 167 Å². The molecular formula is C19H23N5OS2. The number of benzene rings is 1. The molecule has 6 nitrogen and oxygen atoms in total. The number of hydrogen-bond acceptors (Lipinski definition) is 6. The number of carbonyl (C=O) groups is 1. The number of rotatable bonds is 7. The van der Waals surface area contributed by atoms with E-state index in [1.807, 2.05) is 16.9 Å². The van der Waals surface area contributed by atoms with E-state index in [9.17, 15) is 4.79 Å². The fourth-order valence-corrected chi connectivity index (χ4v) is 4.15. The summed E-state index contributed by atoms with van der Waals surface area (Å²) in [4.78, 5) is 16.8. The van der Waals surface area contributed by atoms with Crippen LogP contribution in [-0.2, 0) is 11.3 Å². The van der Waals surface area contributed by atoms with Gasteiger partial charge in [-0.05, 0) is 44.4 Å². The van der Waals surface area contributed by atoms with Crippen molar-refractivity contribution >= 4 is 34.1 Å². The lowest BCUT2D eigenvalue weighted by Gasteiger charge is -2.06. The lowest BCUT2D eigenvalue weighted by molar-refractivity contribution is -0.113. The second kappa shape index (κ2) is 8.67. The number of amides is 1. The first-order chi connectivity index (χ1) is 13.0. The molecule has 0 fully saturated rings. The Hall–Kier alpha value is -2.19. The number of anilines is 1. The zero-order valence-corrected chi connectivity index (χ0v) is 17.6. The van der Waals surface area contributed by atoms with Crippen molar-refractivity contribution in [1.29, 1.82) is 0 Å². The molecule has 0 aliphatic carbocycles. The maximum atomic E-state index is 12.3. The van der Waals surface area contributed by atoms with Gasteiger partial charge in [-0.2, -0.15) is 0 Å². The molecule has 1 amide bonds. The Kier molecular flexibility index (Phi) is 6.28. The highest BCUT2D eigenvalue weighted by Gasteiger charge is 2.13. The Balaban J connectivity index is 1.60. The van der Waals surface area contributed by atoms with Gasteiger partial charge in [-0.3, -0.25) is 4.79 Å². The van der Waals surface area contributed by atoms with Crippen molar-refractivity contribution < 1.29 is 4.79 Å². The normalized spacial score (nSPS) is 11.0. The molecule has 0 atom stereocenters. The fourth-order valence-electron chi connectivity index (χ4n) is 2.60. The zero-order valence-electron chi connectivity index (χ0n) is 15.9. The van der Waals surface area contributed by atoms with Crippen LogP contribution in [0.5, 0.6) is 0 Å². The number of thiazole rings is 1. The van der Waals surface area contributed by atoms with Gasteiger partial charge in [0.2, 0.25) is 5.91 Å². The van der Waals surface area contributed by atoms with E-state index in [-0.39, 0.29) is 11.7 Å². The summed E-state index contributed by atoms with van der Waals surface area (Å²) in [6, 6.07) is 6.27. The van der Waals surface area contributed by atoms with Crippen LogP contribution >= 0.6 is 23.1 Å². The number of thioether (sulfide) groups is 1. The first kappa shape index (κ1) is 19.6. The largest absolute Gasteiger partial charge is 0.306 e. The smallest absolute Gasteiger partial charge is 0.236 e. The molecular weight excluding hydrogens is 378 g/mol. The summed E-state index contributed by atoms with van der Waals surface area (Å²) < 4.78 is 2.04. The van der Waals surface area contributed by atoms with Crippen molar-refractivity contribution in [2.45, 2.75) is 45.8 Å². The van der Waals surface area contributed by atoms with Gasteiger partial charge in [0.1, 0.15) is 5.82 Å². The summed E-state index contributed by atoms with van der Waals surface area (Å²) in [5, 5.41) is 14.5. The van der Waals surface area contributed by atoms with Crippen molar-refractivity contribution in [1.82, 2.24) is 19.7 Å². The lowest BCUT2D eigenvalue weighted by Crippen LogP contribution is -2.14. The summed E-state index contributed by atoms with van der Waals surface area (Å²) >= 11 is 2.83. The molecule has 1 aromatic carbocycles. The van der Waals surface area contributed by atoms with Gasteiger partial charge in [0.05, 0.1) is 11.4 Å². The Bertz CT molecular complexity index is 947. The van der Waals surface area contributed by atoms with E-state index in [0.29, 0.717) is 5.13 Å². The number of carbonyl (C=O) groups excluding carboxylic acids is 1. The van der Waals surface area contributed by atoms with E-state index in [4.69, 9.17) is 0 Å². The van der Waals surface area contributed by atoms with Crippen LogP contribution in [0.25, 0.3) is 11.3 Å². The van der Waals surface area contributed by atoms with Crippen LogP contribution in [0, 0.1) is 20.8 Å². The predicted octanol–water partition coefficient (Wildman–Crippen LogP) is 4.47. The van der Waals surface area contributed by atoms with Crippen LogP contribution in [0.2, 0.25) is 0 Å². The average Bonchev–Trinajstić information content (AvgIpc) is 3.24. The molecule has 8 heteroatoms. The molecule has 142 valence electrons. The molecule has 3 aromatic rings. The topological polar surface area (TPSA) is 72.7 Å². The molecule has 0 unspecified atom stereocenters. The van der Waals surface area contributed by atoms with Gasteiger partial charge in [-0.1, -0.05) is 30.8 Å². The van der Waals surface area contributed by atoms with E-state index >= 15 is 0 Å². The highest BCUT2D eigenvalue weighted by molar-refractivity contribution is 7.99. The van der Waals surface area contributed by atoms with Gasteiger partial charge in [-0.25, -0.2) is 4.98 Å². The molecule has 27 heavy (non-hydrogen) atoms. The molecule has 0 bridgehead atoms. The third kappa shape index (κ3) is 4.75. The third-order valence-electron chi connectivity index (χ3n) is 4.23. The van der Waals surface area contributed by atoms with Gasteiger partial charge < -0.3 is 9.88 Å². The second-order valence-corrected chi connectivity index (χ2v) is 8.16. The van der Waals surface area contributed by atoms with E-state index in [0.717, 1.165) is 35.2 Å². The van der Waals surface area contributed by atoms with Gasteiger partial charge in [0.25, 0.3) is 0 Å². The number of aryl methyl sites for hydroxylation is 3. The van der Waals surface area contributed by atoms with Crippen molar-refractivity contribution in [2.24, 2.45) is 0 Å². The molecule has 0 radical (unpaired) electrons. The summed E-state index contributed by atoms with van der Waals surface area (Å²) in [6.45, 7) is 9.07. The van der Waals surface area contributed by atoms with Crippen molar-refractivity contribution in [2.75, 3.05) is 11.1 Å². The summed E-state index contributed by atoms with van der Waals surface area (Å²) in [5.74, 6) is 1.06. The van der Waals surface area contributed by atoms with E-state index in [2.05, 4.69) is 59.5 Å². The number of nitrogens with one attached hydrogen (secondary N) is 1. The minimum atomic E-state index is -0.0929. The van der Waals surface area contributed by atoms with Crippen LogP contribution in [0.1, 0.15) is 30.3 Å². The number of aromatic nitrogens is 4. The average molecular weight is 402 g/mol. The van der Waals surface area contributed by atoms with Gasteiger partial charge in [-0.15, -0.1) is 21.5 Å². The van der Waals surface area contributed by atoms with E-state index in [1.54, 1.807) is 0 Å². The van der Waals surface area contributed by atoms with Crippen molar-refractivity contribution in [3.8, 4) is 11.3 Å². The summed E-state index contributed by atoms with van der Waals surface area (Å²) in [6.07, 6.45) is 0.999. The van der Waals surface area contributed by atoms with Gasteiger partial charge in [0, 0.05) is 17.5 Å². The summed E-state index contributed by atoms with van der Waals surface area (Å²) in [5.41, 5.74) is 4.43. The highest BCUT2D eigenvalue weighted by Crippen LogP contribution is 2.27. The van der Waals surface area contributed by atoms with Gasteiger partial charge in [0.15, 0.2) is 10.3 Å². The maximum Gasteiger partial charge on any atom is 0.236 e. The van der Waals surface area contributed by atoms with Crippen LogP contribution in [0.4, 0.5) is 5.13 Å².